The van der Waals surface area contributed by atoms with E-state index in [2.05, 4.69) is 17.3 Å². The second-order valence-electron chi connectivity index (χ2n) is 6.96. The number of ether oxygens (including phenoxy) is 1. The quantitative estimate of drug-likeness (QED) is 0.568. The molecule has 3 rings (SSSR count). The lowest BCUT2D eigenvalue weighted by atomic mass is 10.1. The summed E-state index contributed by atoms with van der Waals surface area (Å²) in [5.41, 5.74) is -0.162. The van der Waals surface area contributed by atoms with E-state index in [0.29, 0.717) is 17.3 Å². The van der Waals surface area contributed by atoms with E-state index in [1.165, 1.54) is 11.6 Å². The molecular weight excluding hydrogens is 346 g/mol. The molecule has 1 heterocycles. The molecule has 7 nitrogen and oxygen atoms in total. The molecule has 7 heteroatoms. The average Bonchev–Trinajstić information content (AvgIpc) is 3.47. The van der Waals surface area contributed by atoms with Crippen LogP contribution in [0, 0.1) is 0 Å². The molecule has 1 aromatic heterocycles. The summed E-state index contributed by atoms with van der Waals surface area (Å²) >= 11 is 0. The van der Waals surface area contributed by atoms with Crippen LogP contribution in [0.25, 0.3) is 10.8 Å². The SMILES string of the molecule is CCCCCn1nc(C(=O)O[C@H](C)C(=O)NC2CC2)c2ccccc2c1=O. The Bertz CT molecular complexity index is 902. The second-order valence-corrected chi connectivity index (χ2v) is 6.96. The van der Waals surface area contributed by atoms with Gasteiger partial charge in [-0.3, -0.25) is 9.59 Å². The number of rotatable bonds is 8. The third-order valence-electron chi connectivity index (χ3n) is 4.61. The van der Waals surface area contributed by atoms with Crippen LogP contribution in [0.3, 0.4) is 0 Å². The predicted molar refractivity (Wildman–Crippen MR) is 102 cm³/mol. The van der Waals surface area contributed by atoms with Crippen LogP contribution in [0.5, 0.6) is 0 Å². The normalized spacial score (nSPS) is 14.7. The Morgan fingerprint density at radius 2 is 1.96 bits per heavy atom. The minimum absolute atomic E-state index is 0.0628. The number of carbonyl (C=O) groups is 2. The van der Waals surface area contributed by atoms with Crippen molar-refractivity contribution >= 4 is 22.6 Å². The first kappa shape index (κ1) is 19.1. The van der Waals surface area contributed by atoms with Crippen molar-refractivity contribution in [3.05, 3.63) is 40.3 Å². The van der Waals surface area contributed by atoms with E-state index in [9.17, 15) is 14.4 Å². The van der Waals surface area contributed by atoms with Gasteiger partial charge in [0.15, 0.2) is 11.8 Å². The van der Waals surface area contributed by atoms with Gasteiger partial charge >= 0.3 is 5.97 Å². The molecular formula is C20H25N3O4. The third-order valence-corrected chi connectivity index (χ3v) is 4.61. The zero-order valence-electron chi connectivity index (χ0n) is 15.7. The van der Waals surface area contributed by atoms with Crippen LogP contribution in [0.4, 0.5) is 0 Å². The number of nitrogens with one attached hydrogen (secondary N) is 1. The average molecular weight is 371 g/mol. The molecule has 1 atom stereocenters. The Kier molecular flexibility index (Phi) is 5.88. The molecule has 144 valence electrons. The van der Waals surface area contributed by atoms with Crippen molar-refractivity contribution in [2.24, 2.45) is 0 Å². The number of benzene rings is 1. The van der Waals surface area contributed by atoms with Crippen molar-refractivity contribution in [1.82, 2.24) is 15.1 Å². The minimum Gasteiger partial charge on any atom is -0.448 e. The Balaban J connectivity index is 1.86. The molecule has 1 fully saturated rings. The van der Waals surface area contributed by atoms with E-state index in [0.717, 1.165) is 32.1 Å². The maximum Gasteiger partial charge on any atom is 0.360 e. The summed E-state index contributed by atoms with van der Waals surface area (Å²) in [5.74, 6) is -1.01. The van der Waals surface area contributed by atoms with Crippen LogP contribution in [-0.4, -0.2) is 33.8 Å². The third kappa shape index (κ3) is 4.53. The van der Waals surface area contributed by atoms with E-state index in [1.807, 2.05) is 0 Å². The predicted octanol–water partition coefficient (Wildman–Crippen LogP) is 2.41. The molecule has 0 bridgehead atoms. The van der Waals surface area contributed by atoms with E-state index in [1.54, 1.807) is 24.3 Å². The lowest BCUT2D eigenvalue weighted by Crippen LogP contribution is -2.37. The monoisotopic (exact) mass is 371 g/mol. The van der Waals surface area contributed by atoms with Gasteiger partial charge < -0.3 is 10.1 Å². The van der Waals surface area contributed by atoms with Crippen LogP contribution in [0.1, 0.15) is 56.4 Å². The van der Waals surface area contributed by atoms with Crippen molar-refractivity contribution in [3.63, 3.8) is 0 Å². The molecule has 1 aliphatic rings. The molecule has 1 saturated carbocycles. The van der Waals surface area contributed by atoms with E-state index in [4.69, 9.17) is 4.74 Å². The highest BCUT2D eigenvalue weighted by Crippen LogP contribution is 2.19. The number of hydrogen-bond donors (Lipinski definition) is 1. The lowest BCUT2D eigenvalue weighted by Gasteiger charge is -2.14. The van der Waals surface area contributed by atoms with Crippen molar-refractivity contribution < 1.29 is 14.3 Å². The number of hydrogen-bond acceptors (Lipinski definition) is 5. The second kappa shape index (κ2) is 8.33. The molecule has 27 heavy (non-hydrogen) atoms. The fourth-order valence-corrected chi connectivity index (χ4v) is 2.87. The zero-order chi connectivity index (χ0) is 19.4. The maximum absolute atomic E-state index is 12.7. The van der Waals surface area contributed by atoms with Crippen LogP contribution in [-0.2, 0) is 16.1 Å². The van der Waals surface area contributed by atoms with Crippen LogP contribution in [0.15, 0.2) is 29.1 Å². The molecule has 1 aliphatic carbocycles. The summed E-state index contributed by atoms with van der Waals surface area (Å²) < 4.78 is 6.65. The number of unbranched alkanes of at least 4 members (excludes halogenated alkanes) is 2. The number of amides is 1. The molecule has 0 saturated heterocycles. The van der Waals surface area contributed by atoms with Gasteiger partial charge in [0.1, 0.15) is 0 Å². The fraction of sp³-hybridized carbons (Fsp3) is 0.500. The Labute approximate surface area is 157 Å². The van der Waals surface area contributed by atoms with Gasteiger partial charge in [0.25, 0.3) is 11.5 Å². The first-order chi connectivity index (χ1) is 13.0. The number of carbonyl (C=O) groups excluding carboxylic acids is 2. The van der Waals surface area contributed by atoms with Gasteiger partial charge in [0.05, 0.1) is 5.39 Å². The lowest BCUT2D eigenvalue weighted by molar-refractivity contribution is -0.129. The Morgan fingerprint density at radius 1 is 1.26 bits per heavy atom. The molecule has 1 amide bonds. The maximum atomic E-state index is 12.7. The topological polar surface area (TPSA) is 90.3 Å². The summed E-state index contributed by atoms with van der Waals surface area (Å²) in [6.45, 7) is 4.05. The highest BCUT2D eigenvalue weighted by molar-refractivity contribution is 6.02. The zero-order valence-corrected chi connectivity index (χ0v) is 15.7. The number of esters is 1. The standard InChI is InChI=1S/C20H25N3O4/c1-3-4-7-12-23-19(25)16-9-6-5-8-15(16)17(22-23)20(26)27-13(2)18(24)21-14-10-11-14/h5-6,8-9,13-14H,3-4,7,10-12H2,1-2H3,(H,21,24)/t13-/m1/s1. The van der Waals surface area contributed by atoms with E-state index < -0.39 is 12.1 Å². The van der Waals surface area contributed by atoms with Gasteiger partial charge in [0.2, 0.25) is 0 Å². The number of nitrogens with zero attached hydrogens (tertiary/aromatic N) is 2. The van der Waals surface area contributed by atoms with Crippen LogP contribution < -0.4 is 10.9 Å². The number of fused-ring (bicyclic) bond motifs is 1. The molecule has 0 aliphatic heterocycles. The smallest absolute Gasteiger partial charge is 0.360 e. The minimum atomic E-state index is -0.917. The summed E-state index contributed by atoms with van der Waals surface area (Å²) in [7, 11) is 0. The van der Waals surface area contributed by atoms with Gasteiger partial charge in [-0.05, 0) is 32.3 Å². The van der Waals surface area contributed by atoms with Crippen molar-refractivity contribution in [2.45, 2.75) is 64.6 Å². The van der Waals surface area contributed by atoms with Crippen LogP contribution >= 0.6 is 0 Å². The van der Waals surface area contributed by atoms with E-state index >= 15 is 0 Å². The highest BCUT2D eigenvalue weighted by Gasteiger charge is 2.28. The molecule has 1 aromatic carbocycles. The van der Waals surface area contributed by atoms with Crippen molar-refractivity contribution in [3.8, 4) is 0 Å². The van der Waals surface area contributed by atoms with Gasteiger partial charge in [-0.2, -0.15) is 5.10 Å². The Hall–Kier alpha value is -2.70. The van der Waals surface area contributed by atoms with Gasteiger partial charge in [-0.25, -0.2) is 9.48 Å². The number of aryl methyl sites for hydroxylation is 1. The largest absolute Gasteiger partial charge is 0.448 e. The summed E-state index contributed by atoms with van der Waals surface area (Å²) in [5, 5.41) is 7.93. The summed E-state index contributed by atoms with van der Waals surface area (Å²) in [6.07, 6.45) is 3.79. The molecule has 1 N–H and O–H groups in total. The Morgan fingerprint density at radius 3 is 2.63 bits per heavy atom. The molecule has 2 aromatic rings. The van der Waals surface area contributed by atoms with Gasteiger partial charge in [-0.1, -0.05) is 38.0 Å². The van der Waals surface area contributed by atoms with Crippen molar-refractivity contribution in [1.29, 1.82) is 0 Å². The van der Waals surface area contributed by atoms with E-state index in [-0.39, 0.29) is 23.2 Å². The molecule has 0 spiro atoms. The summed E-state index contributed by atoms with van der Waals surface area (Å²) in [6, 6.07) is 7.03. The fourth-order valence-electron chi connectivity index (χ4n) is 2.87. The molecule has 0 radical (unpaired) electrons. The molecule has 0 unspecified atom stereocenters. The van der Waals surface area contributed by atoms with Crippen molar-refractivity contribution in [2.75, 3.05) is 0 Å². The first-order valence-corrected chi connectivity index (χ1v) is 9.52. The summed E-state index contributed by atoms with van der Waals surface area (Å²) in [4.78, 5) is 37.4. The highest BCUT2D eigenvalue weighted by atomic mass is 16.5. The number of aromatic nitrogens is 2. The first-order valence-electron chi connectivity index (χ1n) is 9.52. The van der Waals surface area contributed by atoms with Crippen LogP contribution in [0.2, 0.25) is 0 Å². The van der Waals surface area contributed by atoms with Gasteiger partial charge in [-0.15, -0.1) is 0 Å². The van der Waals surface area contributed by atoms with Gasteiger partial charge in [0, 0.05) is 18.0 Å².